The average molecular weight is 605 g/mol. The van der Waals surface area contributed by atoms with E-state index in [0.717, 1.165) is 68.7 Å². The summed E-state index contributed by atoms with van der Waals surface area (Å²) in [5, 5.41) is 0. The van der Waals surface area contributed by atoms with Gasteiger partial charge in [-0.2, -0.15) is 0 Å². The van der Waals surface area contributed by atoms with Crippen LogP contribution in [0.25, 0.3) is 0 Å². The maximum atomic E-state index is 13.6. The first-order valence-corrected chi connectivity index (χ1v) is 16.0. The Bertz CT molecular complexity index is 1310. The number of hydrogen-bond donors (Lipinski definition) is 0. The number of carbonyl (C=O) groups is 1. The molecule has 1 saturated heterocycles. The molecule has 44 heavy (non-hydrogen) atoms. The Kier molecular flexibility index (Phi) is 10.9. The van der Waals surface area contributed by atoms with Crippen LogP contribution >= 0.6 is 0 Å². The van der Waals surface area contributed by atoms with Gasteiger partial charge in [-0.05, 0) is 64.6 Å². The summed E-state index contributed by atoms with van der Waals surface area (Å²) in [6.45, 7) is 16.8. The second kappa shape index (κ2) is 14.2. The number of nitrogens with zero attached hydrogens (tertiary/aromatic N) is 2. The first-order valence-electron chi connectivity index (χ1n) is 16.0. The summed E-state index contributed by atoms with van der Waals surface area (Å²) >= 11 is 0. The fourth-order valence-corrected chi connectivity index (χ4v) is 6.24. The minimum atomic E-state index is -0.260. The predicted octanol–water partition coefficient (Wildman–Crippen LogP) is 8.61. The monoisotopic (exact) mass is 604 g/mol. The summed E-state index contributed by atoms with van der Waals surface area (Å²) < 4.78 is 33.0. The smallest absolute Gasteiger partial charge is 0.236 e. The number of hydrogen-bond acceptors (Lipinski definition) is 3. The third kappa shape index (κ3) is 8.68. The molecule has 238 valence electrons. The average Bonchev–Trinajstić information content (AvgIpc) is 2.96. The largest absolute Gasteiger partial charge is 0.496 e. The van der Waals surface area contributed by atoms with E-state index in [-0.39, 0.29) is 34.3 Å². The van der Waals surface area contributed by atoms with E-state index in [2.05, 4.69) is 58.6 Å². The van der Waals surface area contributed by atoms with Crippen LogP contribution in [0.5, 0.6) is 5.75 Å². The van der Waals surface area contributed by atoms with Gasteiger partial charge in [-0.1, -0.05) is 90.8 Å². The van der Waals surface area contributed by atoms with Crippen LogP contribution in [0.1, 0.15) is 101 Å². The first-order chi connectivity index (χ1) is 20.8. The molecule has 1 heterocycles. The van der Waals surface area contributed by atoms with E-state index in [1.807, 2.05) is 29.2 Å². The van der Waals surface area contributed by atoms with E-state index in [1.165, 1.54) is 41.0 Å². The van der Waals surface area contributed by atoms with Crippen molar-refractivity contribution in [3.8, 4) is 5.75 Å². The third-order valence-electron chi connectivity index (χ3n) is 8.74. The van der Waals surface area contributed by atoms with Crippen LogP contribution < -0.4 is 4.74 Å². The van der Waals surface area contributed by atoms with Crippen LogP contribution in [0.15, 0.2) is 60.7 Å². The quantitative estimate of drug-likeness (QED) is 0.206. The Balaban J connectivity index is 1.31. The minimum Gasteiger partial charge on any atom is -0.496 e. The fraction of sp³-hybridized carbons (Fsp3) is 0.500. The van der Waals surface area contributed by atoms with Crippen molar-refractivity contribution in [2.24, 2.45) is 0 Å². The molecule has 0 unspecified atom stereocenters. The maximum absolute atomic E-state index is 13.6. The van der Waals surface area contributed by atoms with Gasteiger partial charge >= 0.3 is 0 Å². The second-order valence-corrected chi connectivity index (χ2v) is 14.3. The molecule has 3 aromatic carbocycles. The Labute approximate surface area is 263 Å². The van der Waals surface area contributed by atoms with Crippen LogP contribution in [-0.2, 0) is 22.2 Å². The lowest BCUT2D eigenvalue weighted by atomic mass is 9.78. The lowest BCUT2D eigenvalue weighted by molar-refractivity contribution is -0.136. The molecule has 4 nitrogen and oxygen atoms in total. The number of rotatable bonds is 11. The van der Waals surface area contributed by atoms with Gasteiger partial charge in [0.25, 0.3) is 0 Å². The number of unbranched alkanes of at least 4 members (excludes halogenated alkanes) is 2. The van der Waals surface area contributed by atoms with Gasteiger partial charge in [0.05, 0.1) is 13.7 Å². The van der Waals surface area contributed by atoms with Gasteiger partial charge in [-0.3, -0.25) is 9.69 Å². The van der Waals surface area contributed by atoms with Crippen molar-refractivity contribution in [1.29, 1.82) is 0 Å². The summed E-state index contributed by atoms with van der Waals surface area (Å²) in [7, 11) is 1.76. The molecule has 0 N–H and O–H groups in total. The molecule has 1 aliphatic heterocycles. The second-order valence-electron chi connectivity index (χ2n) is 14.3. The summed E-state index contributed by atoms with van der Waals surface area (Å²) in [4.78, 5) is 17.4. The van der Waals surface area contributed by atoms with Crippen LogP contribution in [-0.4, -0.2) is 49.0 Å². The number of ether oxygens (including phenoxy) is 1. The fourth-order valence-electron chi connectivity index (χ4n) is 6.24. The highest BCUT2D eigenvalue weighted by atomic mass is 19.1. The molecule has 0 bridgehead atoms. The molecular formula is C38H50F2N2O2. The van der Waals surface area contributed by atoms with E-state index >= 15 is 0 Å². The number of methoxy groups -OCH3 is 1. The standard InChI is InChI=1S/C38H50F2N2O2/c1-37(2,3)33-23-27(24-34(36(33)44-7)38(4,5)6)25-41-21-22-42(35(43)26-41)20-10-8-9-11-32(28-12-16-30(39)17-13-28)29-14-18-31(40)19-15-29/h12-19,23-24,32H,8-11,20-22,25-26H2,1-7H3. The van der Waals surface area contributed by atoms with E-state index in [0.29, 0.717) is 6.54 Å². The number of piperazine rings is 1. The van der Waals surface area contributed by atoms with E-state index in [1.54, 1.807) is 7.11 Å². The van der Waals surface area contributed by atoms with E-state index in [9.17, 15) is 13.6 Å². The van der Waals surface area contributed by atoms with E-state index < -0.39 is 0 Å². The summed E-state index contributed by atoms with van der Waals surface area (Å²) in [6.07, 6.45) is 3.78. The first kappa shape index (κ1) is 33.6. The molecule has 0 aliphatic carbocycles. The van der Waals surface area contributed by atoms with Crippen molar-refractivity contribution in [3.63, 3.8) is 0 Å². The molecule has 1 amide bonds. The summed E-state index contributed by atoms with van der Waals surface area (Å²) in [5.41, 5.74) is 5.57. The lowest BCUT2D eigenvalue weighted by Gasteiger charge is -2.35. The molecule has 1 fully saturated rings. The lowest BCUT2D eigenvalue weighted by Crippen LogP contribution is -2.50. The van der Waals surface area contributed by atoms with Crippen LogP contribution in [0.2, 0.25) is 0 Å². The van der Waals surface area contributed by atoms with Crippen LogP contribution in [0.3, 0.4) is 0 Å². The molecule has 6 heteroatoms. The zero-order valence-corrected chi connectivity index (χ0v) is 27.7. The summed E-state index contributed by atoms with van der Waals surface area (Å²) in [5.74, 6) is 0.718. The Morgan fingerprint density at radius 1 is 0.773 bits per heavy atom. The number of benzene rings is 3. The van der Waals surface area contributed by atoms with Gasteiger partial charge in [0.2, 0.25) is 5.91 Å². The molecule has 0 aromatic heterocycles. The van der Waals surface area contributed by atoms with Crippen molar-refractivity contribution < 1.29 is 18.3 Å². The maximum Gasteiger partial charge on any atom is 0.236 e. The van der Waals surface area contributed by atoms with Gasteiger partial charge < -0.3 is 9.64 Å². The van der Waals surface area contributed by atoms with Gasteiger partial charge in [0, 0.05) is 43.2 Å². The van der Waals surface area contributed by atoms with Gasteiger partial charge in [0.1, 0.15) is 17.4 Å². The Morgan fingerprint density at radius 2 is 1.30 bits per heavy atom. The Morgan fingerprint density at radius 3 is 1.75 bits per heavy atom. The normalized spacial score (nSPS) is 14.9. The van der Waals surface area contributed by atoms with Gasteiger partial charge in [0.15, 0.2) is 0 Å². The van der Waals surface area contributed by atoms with Crippen molar-refractivity contribution in [2.45, 2.75) is 90.5 Å². The highest BCUT2D eigenvalue weighted by Crippen LogP contribution is 2.41. The SMILES string of the molecule is COc1c(C(C)(C)C)cc(CN2CCN(CCCCCC(c3ccc(F)cc3)c3ccc(F)cc3)C(=O)C2)cc1C(C)(C)C. The van der Waals surface area contributed by atoms with Gasteiger partial charge in [-0.15, -0.1) is 0 Å². The number of halogens is 2. The van der Waals surface area contributed by atoms with Crippen LogP contribution in [0.4, 0.5) is 8.78 Å². The Hall–Kier alpha value is -3.25. The topological polar surface area (TPSA) is 32.8 Å². The predicted molar refractivity (Wildman–Crippen MR) is 175 cm³/mol. The molecule has 3 aromatic rings. The molecule has 0 saturated carbocycles. The van der Waals surface area contributed by atoms with Crippen molar-refractivity contribution in [1.82, 2.24) is 9.80 Å². The zero-order valence-electron chi connectivity index (χ0n) is 27.7. The molecule has 0 atom stereocenters. The minimum absolute atomic E-state index is 0.0616. The van der Waals surface area contributed by atoms with E-state index in [4.69, 9.17) is 4.74 Å². The third-order valence-corrected chi connectivity index (χ3v) is 8.74. The summed E-state index contributed by atoms with van der Waals surface area (Å²) in [6, 6.07) is 17.7. The van der Waals surface area contributed by atoms with Gasteiger partial charge in [-0.25, -0.2) is 8.78 Å². The molecule has 1 aliphatic rings. The molecule has 0 radical (unpaired) electrons. The highest BCUT2D eigenvalue weighted by Gasteiger charge is 2.29. The number of amides is 1. The molecular weight excluding hydrogens is 554 g/mol. The van der Waals surface area contributed by atoms with Crippen molar-refractivity contribution in [2.75, 3.05) is 33.3 Å². The van der Waals surface area contributed by atoms with Crippen LogP contribution in [0, 0.1) is 11.6 Å². The number of carbonyl (C=O) groups excluding carboxylic acids is 1. The zero-order chi connectivity index (χ0) is 32.1. The van der Waals surface area contributed by atoms with Crippen molar-refractivity contribution in [3.05, 3.63) is 100 Å². The van der Waals surface area contributed by atoms with Crippen molar-refractivity contribution >= 4 is 5.91 Å². The highest BCUT2D eigenvalue weighted by molar-refractivity contribution is 5.79. The molecule has 0 spiro atoms. The molecule has 4 rings (SSSR count).